The fourth-order valence-electron chi connectivity index (χ4n) is 2.88. The van der Waals surface area contributed by atoms with Crippen LogP contribution in [0.4, 0.5) is 5.82 Å². The van der Waals surface area contributed by atoms with Crippen molar-refractivity contribution in [3.05, 3.63) is 24.2 Å². The molecule has 1 fully saturated rings. The van der Waals surface area contributed by atoms with Gasteiger partial charge >= 0.3 is 5.97 Å². The number of nitrogen functional groups attached to an aromatic ring is 1. The van der Waals surface area contributed by atoms with Crippen molar-refractivity contribution in [3.63, 3.8) is 0 Å². The number of nitrogens with zero attached hydrogens (tertiary/aromatic N) is 4. The van der Waals surface area contributed by atoms with E-state index in [9.17, 15) is 20.3 Å². The van der Waals surface area contributed by atoms with E-state index in [-0.39, 0.29) is 24.0 Å². The van der Waals surface area contributed by atoms with E-state index >= 15 is 0 Å². The first-order valence-corrected chi connectivity index (χ1v) is 8.02. The van der Waals surface area contributed by atoms with Crippen molar-refractivity contribution < 1.29 is 24.5 Å². The van der Waals surface area contributed by atoms with E-state index in [1.165, 1.54) is 16.9 Å². The number of nitrogens with two attached hydrogens (primary N) is 1. The molecule has 1 aliphatic heterocycles. The molecule has 0 spiro atoms. The Morgan fingerprint density at radius 1 is 1.54 bits per heavy atom. The lowest BCUT2D eigenvalue weighted by Gasteiger charge is -2.24. The zero-order valence-corrected chi connectivity index (χ0v) is 14.2. The van der Waals surface area contributed by atoms with Crippen LogP contribution in [0.25, 0.3) is 5.52 Å². The van der Waals surface area contributed by atoms with Crippen LogP contribution in [0.2, 0.25) is 0 Å². The van der Waals surface area contributed by atoms with Crippen molar-refractivity contribution in [1.82, 2.24) is 14.6 Å². The molecule has 3 rings (SSSR count). The Bertz CT molecular complexity index is 876. The highest BCUT2D eigenvalue weighted by Crippen LogP contribution is 2.40. The molecule has 26 heavy (non-hydrogen) atoms. The quantitative estimate of drug-likeness (QED) is 0.602. The Labute approximate surface area is 148 Å². The molecular formula is C16H19N5O5. The van der Waals surface area contributed by atoms with E-state index < -0.39 is 29.9 Å². The number of carbonyl (C=O) groups is 1. The highest BCUT2D eigenvalue weighted by molar-refractivity contribution is 5.71. The molecule has 1 saturated heterocycles. The molecule has 4 atom stereocenters. The monoisotopic (exact) mass is 361 g/mol. The molecule has 138 valence electrons. The molecule has 0 bridgehead atoms. The molecule has 2 aromatic rings. The zero-order chi connectivity index (χ0) is 19.1. The normalized spacial score (nSPS) is 28.4. The van der Waals surface area contributed by atoms with Gasteiger partial charge in [0.25, 0.3) is 0 Å². The van der Waals surface area contributed by atoms with Crippen LogP contribution < -0.4 is 5.73 Å². The summed E-state index contributed by atoms with van der Waals surface area (Å²) in [6, 6.07) is 5.01. The number of hydrogen-bond acceptors (Lipinski definition) is 9. The van der Waals surface area contributed by atoms with Crippen LogP contribution in [0.3, 0.4) is 0 Å². The van der Waals surface area contributed by atoms with Gasteiger partial charge in [0.05, 0.1) is 11.6 Å². The van der Waals surface area contributed by atoms with Gasteiger partial charge < -0.3 is 25.4 Å². The average Bonchev–Trinajstić information content (AvgIpc) is 3.15. The van der Waals surface area contributed by atoms with Crippen LogP contribution in [-0.4, -0.2) is 55.7 Å². The minimum atomic E-state index is -1.90. The van der Waals surface area contributed by atoms with E-state index in [4.69, 9.17) is 15.2 Å². The van der Waals surface area contributed by atoms with Crippen LogP contribution in [0.15, 0.2) is 18.5 Å². The molecule has 3 heterocycles. The smallest absolute Gasteiger partial charge is 0.308 e. The second-order valence-corrected chi connectivity index (χ2v) is 6.38. The number of ether oxygens (including phenoxy) is 2. The average molecular weight is 361 g/mol. The maximum atomic E-state index is 11.6. The fraction of sp³-hybridized carbons (Fsp3) is 0.500. The second kappa shape index (κ2) is 6.53. The summed E-state index contributed by atoms with van der Waals surface area (Å²) in [5, 5.41) is 34.6. The van der Waals surface area contributed by atoms with Crippen LogP contribution in [0.1, 0.15) is 19.5 Å². The molecule has 0 amide bonds. The van der Waals surface area contributed by atoms with Crippen molar-refractivity contribution >= 4 is 17.3 Å². The standard InChI is InChI=1S/C16H19N5O5/c1-8(2)15(24)25-5-10-12(22)13(23)16(6-17,26-10)11-4-3-9-14(18)19-7-20-21(9)11/h3-4,7-8,10,12-13,22-23H,5H2,1-2H3,(H2,18,19,20)/t10-,12-,13-,16?/m1/s1. The first kappa shape index (κ1) is 18.1. The molecule has 2 aromatic heterocycles. The van der Waals surface area contributed by atoms with Crippen molar-refractivity contribution in [2.75, 3.05) is 12.3 Å². The molecule has 10 heteroatoms. The summed E-state index contributed by atoms with van der Waals surface area (Å²) in [6.45, 7) is 3.04. The van der Waals surface area contributed by atoms with Crippen LogP contribution in [-0.2, 0) is 19.9 Å². The van der Waals surface area contributed by atoms with Gasteiger partial charge in [-0.3, -0.25) is 4.79 Å². The van der Waals surface area contributed by atoms with Gasteiger partial charge in [-0.05, 0) is 12.1 Å². The Morgan fingerprint density at radius 3 is 2.92 bits per heavy atom. The second-order valence-electron chi connectivity index (χ2n) is 6.38. The van der Waals surface area contributed by atoms with E-state index in [2.05, 4.69) is 10.1 Å². The summed E-state index contributed by atoms with van der Waals surface area (Å²) >= 11 is 0. The Hall–Kier alpha value is -2.74. The van der Waals surface area contributed by atoms with Crippen LogP contribution in [0, 0.1) is 17.2 Å². The molecule has 0 aliphatic carbocycles. The summed E-state index contributed by atoms with van der Waals surface area (Å²) in [4.78, 5) is 15.5. The predicted octanol–water partition coefficient (Wildman–Crippen LogP) is -0.650. The van der Waals surface area contributed by atoms with Gasteiger partial charge in [-0.15, -0.1) is 0 Å². The van der Waals surface area contributed by atoms with E-state index in [1.807, 2.05) is 6.07 Å². The molecule has 0 radical (unpaired) electrons. The number of nitriles is 1. The molecule has 0 aromatic carbocycles. The highest BCUT2D eigenvalue weighted by Gasteiger charge is 2.57. The lowest BCUT2D eigenvalue weighted by atomic mass is 9.92. The number of esters is 1. The summed E-state index contributed by atoms with van der Waals surface area (Å²) in [5.41, 5.74) is 4.50. The number of aromatic nitrogens is 3. The topological polar surface area (TPSA) is 156 Å². The van der Waals surface area contributed by atoms with Gasteiger partial charge in [-0.2, -0.15) is 10.4 Å². The van der Waals surface area contributed by atoms with Gasteiger partial charge in [-0.25, -0.2) is 9.50 Å². The molecule has 10 nitrogen and oxygen atoms in total. The lowest BCUT2D eigenvalue weighted by molar-refractivity contribution is -0.154. The fourth-order valence-corrected chi connectivity index (χ4v) is 2.88. The van der Waals surface area contributed by atoms with Gasteiger partial charge in [0.2, 0.25) is 5.60 Å². The first-order chi connectivity index (χ1) is 12.3. The van der Waals surface area contributed by atoms with Gasteiger partial charge in [0, 0.05) is 0 Å². The zero-order valence-electron chi connectivity index (χ0n) is 14.2. The SMILES string of the molecule is CC(C)C(=O)OC[C@H]1OC(C#N)(c2ccc3c(N)ncnn23)[C@H](O)[C@@H]1O. The molecule has 1 aliphatic rings. The minimum Gasteiger partial charge on any atom is -0.463 e. The molecular weight excluding hydrogens is 342 g/mol. The summed E-state index contributed by atoms with van der Waals surface area (Å²) in [7, 11) is 0. The number of fused-ring (bicyclic) bond motifs is 1. The highest BCUT2D eigenvalue weighted by atomic mass is 16.6. The number of hydrogen-bond donors (Lipinski definition) is 3. The van der Waals surface area contributed by atoms with E-state index in [0.29, 0.717) is 5.52 Å². The number of aliphatic hydroxyl groups is 2. The van der Waals surface area contributed by atoms with Gasteiger partial charge in [0.15, 0.2) is 5.82 Å². The van der Waals surface area contributed by atoms with Crippen molar-refractivity contribution in [2.24, 2.45) is 5.92 Å². The number of aliphatic hydroxyl groups excluding tert-OH is 2. The predicted molar refractivity (Wildman–Crippen MR) is 87.4 cm³/mol. The van der Waals surface area contributed by atoms with E-state index in [1.54, 1.807) is 19.9 Å². The third kappa shape index (κ3) is 2.66. The van der Waals surface area contributed by atoms with Gasteiger partial charge in [-0.1, -0.05) is 13.8 Å². The van der Waals surface area contributed by atoms with Gasteiger partial charge in [0.1, 0.15) is 42.8 Å². The molecule has 4 N–H and O–H groups in total. The minimum absolute atomic E-state index is 0.188. The largest absolute Gasteiger partial charge is 0.463 e. The Balaban J connectivity index is 1.95. The molecule has 0 saturated carbocycles. The van der Waals surface area contributed by atoms with Crippen LogP contribution >= 0.6 is 0 Å². The third-order valence-corrected chi connectivity index (χ3v) is 4.35. The van der Waals surface area contributed by atoms with Crippen molar-refractivity contribution in [2.45, 2.75) is 37.8 Å². The molecule has 1 unspecified atom stereocenters. The maximum Gasteiger partial charge on any atom is 0.308 e. The number of carbonyl (C=O) groups excluding carboxylic acids is 1. The Morgan fingerprint density at radius 2 is 2.27 bits per heavy atom. The third-order valence-electron chi connectivity index (χ3n) is 4.35. The van der Waals surface area contributed by atoms with Crippen molar-refractivity contribution in [1.29, 1.82) is 5.26 Å². The Kier molecular flexibility index (Phi) is 4.53. The maximum absolute atomic E-state index is 11.6. The van der Waals surface area contributed by atoms with Crippen LogP contribution in [0.5, 0.6) is 0 Å². The lowest BCUT2D eigenvalue weighted by Crippen LogP contribution is -2.41. The number of anilines is 1. The number of rotatable bonds is 4. The van der Waals surface area contributed by atoms with Crippen molar-refractivity contribution in [3.8, 4) is 6.07 Å². The summed E-state index contributed by atoms with van der Waals surface area (Å²) in [6.07, 6.45) is -2.88. The summed E-state index contributed by atoms with van der Waals surface area (Å²) < 4.78 is 12.1. The first-order valence-electron chi connectivity index (χ1n) is 8.02. The summed E-state index contributed by atoms with van der Waals surface area (Å²) in [5.74, 6) is -0.637. The van der Waals surface area contributed by atoms with E-state index in [0.717, 1.165) is 0 Å².